The van der Waals surface area contributed by atoms with Crippen molar-refractivity contribution in [2.24, 2.45) is 5.10 Å². The molecule has 7 heteroatoms. The Bertz CT molecular complexity index is 649. The third-order valence-corrected chi connectivity index (χ3v) is 5.59. The molecule has 0 aliphatic carbocycles. The van der Waals surface area contributed by atoms with Crippen molar-refractivity contribution in [3.63, 3.8) is 0 Å². The van der Waals surface area contributed by atoms with Gasteiger partial charge >= 0.3 is 0 Å². The summed E-state index contributed by atoms with van der Waals surface area (Å²) in [5.74, 6) is 0. The highest BCUT2D eigenvalue weighted by molar-refractivity contribution is 9.10. The van der Waals surface area contributed by atoms with Crippen molar-refractivity contribution in [1.29, 1.82) is 0 Å². The van der Waals surface area contributed by atoms with E-state index in [2.05, 4.69) is 46.8 Å². The van der Waals surface area contributed by atoms with E-state index in [1.165, 1.54) is 11.8 Å². The summed E-state index contributed by atoms with van der Waals surface area (Å²) in [6.45, 7) is 14.2. The Morgan fingerprint density at radius 2 is 2.07 bits per heavy atom. The van der Waals surface area contributed by atoms with Crippen molar-refractivity contribution in [2.45, 2.75) is 39.7 Å². The van der Waals surface area contributed by atoms with Gasteiger partial charge in [0.25, 0.3) is 0 Å². The SMILES string of the molecule is C=C(/C=N\N(CC)CCC)C(C=S)(NC(=S)SC)c1cccc(Br)c1.CC. The van der Waals surface area contributed by atoms with Gasteiger partial charge in [0.15, 0.2) is 0 Å². The van der Waals surface area contributed by atoms with Gasteiger partial charge in [-0.2, -0.15) is 5.10 Å². The number of rotatable bonds is 9. The van der Waals surface area contributed by atoms with Crippen molar-refractivity contribution in [2.75, 3.05) is 19.3 Å². The zero-order valence-corrected chi connectivity index (χ0v) is 20.8. The van der Waals surface area contributed by atoms with Crippen LogP contribution in [0.4, 0.5) is 0 Å². The Balaban J connectivity index is 0.00000326. The van der Waals surface area contributed by atoms with E-state index >= 15 is 0 Å². The highest BCUT2D eigenvalue weighted by Gasteiger charge is 2.33. The fraction of sp³-hybridized carbons (Fsp3) is 0.450. The second-order valence-corrected chi connectivity index (χ2v) is 8.00. The summed E-state index contributed by atoms with van der Waals surface area (Å²) < 4.78 is 1.62. The number of benzene rings is 1. The van der Waals surface area contributed by atoms with Crippen molar-refractivity contribution in [1.82, 2.24) is 10.3 Å². The Morgan fingerprint density at radius 3 is 2.56 bits per heavy atom. The minimum Gasteiger partial charge on any atom is -0.353 e. The molecule has 0 aliphatic heterocycles. The van der Waals surface area contributed by atoms with E-state index in [0.29, 0.717) is 4.32 Å². The van der Waals surface area contributed by atoms with Gasteiger partial charge in [-0.05, 0) is 42.9 Å². The zero-order chi connectivity index (χ0) is 20.9. The predicted octanol–water partition coefficient (Wildman–Crippen LogP) is 6.18. The van der Waals surface area contributed by atoms with Crippen molar-refractivity contribution in [3.8, 4) is 0 Å². The fourth-order valence-corrected chi connectivity index (χ4v) is 3.44. The highest BCUT2D eigenvalue weighted by Crippen LogP contribution is 2.29. The second kappa shape index (κ2) is 14.3. The summed E-state index contributed by atoms with van der Waals surface area (Å²) in [7, 11) is 0. The van der Waals surface area contributed by atoms with Gasteiger partial charge in [0.2, 0.25) is 0 Å². The lowest BCUT2D eigenvalue weighted by molar-refractivity contribution is 0.306. The third-order valence-electron chi connectivity index (χ3n) is 3.67. The van der Waals surface area contributed by atoms with Gasteiger partial charge in [-0.3, -0.25) is 5.01 Å². The molecular weight excluding hydrogens is 458 g/mol. The van der Waals surface area contributed by atoms with Crippen LogP contribution in [0.15, 0.2) is 46.0 Å². The van der Waals surface area contributed by atoms with E-state index in [4.69, 9.17) is 24.4 Å². The lowest BCUT2D eigenvalue weighted by Crippen LogP contribution is -2.47. The van der Waals surface area contributed by atoms with Gasteiger partial charge in [-0.1, -0.05) is 79.8 Å². The first-order valence-electron chi connectivity index (χ1n) is 9.00. The molecule has 1 aromatic carbocycles. The van der Waals surface area contributed by atoms with Gasteiger partial charge in [-0.25, -0.2) is 0 Å². The van der Waals surface area contributed by atoms with Gasteiger partial charge < -0.3 is 5.32 Å². The molecule has 0 fully saturated rings. The largest absolute Gasteiger partial charge is 0.353 e. The Labute approximate surface area is 188 Å². The molecule has 0 radical (unpaired) electrons. The molecule has 0 aliphatic rings. The van der Waals surface area contributed by atoms with Crippen LogP contribution in [-0.2, 0) is 5.54 Å². The van der Waals surface area contributed by atoms with E-state index < -0.39 is 5.54 Å². The molecule has 1 atom stereocenters. The maximum Gasteiger partial charge on any atom is 0.134 e. The molecule has 1 unspecified atom stereocenters. The van der Waals surface area contributed by atoms with E-state index in [-0.39, 0.29) is 0 Å². The topological polar surface area (TPSA) is 27.6 Å². The van der Waals surface area contributed by atoms with Crippen LogP contribution in [0.1, 0.15) is 39.7 Å². The number of nitrogens with zero attached hydrogens (tertiary/aromatic N) is 2. The van der Waals surface area contributed by atoms with Crippen LogP contribution in [0.5, 0.6) is 0 Å². The van der Waals surface area contributed by atoms with Crippen molar-refractivity contribution in [3.05, 3.63) is 46.5 Å². The third kappa shape index (κ3) is 8.02. The number of halogens is 1. The first-order valence-corrected chi connectivity index (χ1v) is 11.9. The lowest BCUT2D eigenvalue weighted by Gasteiger charge is -2.33. The molecule has 0 heterocycles. The van der Waals surface area contributed by atoms with Gasteiger partial charge in [0, 0.05) is 22.9 Å². The number of thioether (sulfide) groups is 1. The minimum absolute atomic E-state index is 0.650. The summed E-state index contributed by atoms with van der Waals surface area (Å²) in [6.07, 6.45) is 4.75. The summed E-state index contributed by atoms with van der Waals surface area (Å²) in [5.41, 5.74) is 0.920. The summed E-state index contributed by atoms with van der Waals surface area (Å²) >= 11 is 15.8. The summed E-state index contributed by atoms with van der Waals surface area (Å²) in [6, 6.07) is 7.96. The van der Waals surface area contributed by atoms with E-state index in [9.17, 15) is 0 Å². The van der Waals surface area contributed by atoms with Crippen LogP contribution in [0.3, 0.4) is 0 Å². The highest BCUT2D eigenvalue weighted by atomic mass is 79.9. The maximum atomic E-state index is 5.41. The maximum absolute atomic E-state index is 5.41. The number of nitrogens with one attached hydrogen (secondary N) is 1. The quantitative estimate of drug-likeness (QED) is 0.255. The molecule has 0 amide bonds. The first kappa shape index (κ1) is 26.2. The second-order valence-electron chi connectivity index (χ2n) is 5.37. The van der Waals surface area contributed by atoms with Gasteiger partial charge in [0.1, 0.15) is 9.86 Å². The van der Waals surface area contributed by atoms with Crippen molar-refractivity contribution < 1.29 is 0 Å². The Kier molecular flexibility index (Phi) is 13.9. The minimum atomic E-state index is -0.783. The first-order chi connectivity index (χ1) is 12.9. The molecule has 1 N–H and O–H groups in total. The summed E-state index contributed by atoms with van der Waals surface area (Å²) in [4.78, 5) is 0. The van der Waals surface area contributed by atoms with Crippen LogP contribution < -0.4 is 5.32 Å². The monoisotopic (exact) mass is 487 g/mol. The smallest absolute Gasteiger partial charge is 0.134 e. The molecule has 0 aromatic heterocycles. The van der Waals surface area contributed by atoms with Crippen molar-refractivity contribution >= 4 is 68.0 Å². The molecule has 1 rings (SSSR count). The van der Waals surface area contributed by atoms with Gasteiger partial charge in [0.05, 0.1) is 6.21 Å². The predicted molar refractivity (Wildman–Crippen MR) is 135 cm³/mol. The van der Waals surface area contributed by atoms with Crippen LogP contribution in [0, 0.1) is 0 Å². The molecule has 0 bridgehead atoms. The van der Waals surface area contributed by atoms with E-state index in [1.807, 2.05) is 49.4 Å². The molecule has 27 heavy (non-hydrogen) atoms. The Morgan fingerprint density at radius 1 is 1.41 bits per heavy atom. The average Bonchev–Trinajstić information content (AvgIpc) is 2.70. The summed E-state index contributed by atoms with van der Waals surface area (Å²) in [5, 5.41) is 11.6. The number of hydrogen-bond donors (Lipinski definition) is 1. The Hall–Kier alpha value is -0.760. The molecule has 1 aromatic rings. The van der Waals surface area contributed by atoms with Crippen LogP contribution in [0.2, 0.25) is 0 Å². The number of hydrazone groups is 1. The van der Waals surface area contributed by atoms with E-state index in [0.717, 1.165) is 35.1 Å². The lowest BCUT2D eigenvalue weighted by atomic mass is 9.85. The molecule has 150 valence electrons. The zero-order valence-electron chi connectivity index (χ0n) is 16.8. The molecule has 0 saturated heterocycles. The average molecular weight is 489 g/mol. The normalized spacial score (nSPS) is 12.5. The standard InChI is InChI=1S/C18H24BrN3S3.C2H6/c1-5-10-22(6-2)20-12-14(3)18(13-23,21-17(24)25-4)15-8-7-9-16(19)11-15;1-2/h7-9,11-13H,3,5-6,10H2,1-2,4H3,(H,21,24);1-2H3/b20-12-;. The van der Waals surface area contributed by atoms with Gasteiger partial charge in [-0.15, -0.1) is 11.8 Å². The number of thiocarbonyl (C=S) groups is 2. The van der Waals surface area contributed by atoms with Crippen LogP contribution in [0.25, 0.3) is 0 Å². The number of hydrogen-bond acceptors (Lipinski definition) is 5. The fourth-order valence-electron chi connectivity index (χ4n) is 2.27. The molecule has 0 saturated carbocycles. The molecule has 3 nitrogen and oxygen atoms in total. The van der Waals surface area contributed by atoms with E-state index in [1.54, 1.807) is 11.6 Å². The molecule has 0 spiro atoms. The van der Waals surface area contributed by atoms with Crippen LogP contribution >= 0.6 is 52.1 Å². The van der Waals surface area contributed by atoms with Crippen LogP contribution in [-0.4, -0.2) is 40.3 Å². The molecular formula is C20H30BrN3S3.